The van der Waals surface area contributed by atoms with Crippen LogP contribution in [-0.2, 0) is 0 Å². The van der Waals surface area contributed by atoms with E-state index in [9.17, 15) is 23.5 Å². The number of aryl methyl sites for hydroxylation is 2. The van der Waals surface area contributed by atoms with Crippen LogP contribution in [0.1, 0.15) is 53.5 Å². The number of aromatic carboxylic acids is 1. The van der Waals surface area contributed by atoms with Crippen LogP contribution in [0.4, 0.5) is 8.78 Å². The Morgan fingerprint density at radius 3 is 2.54 bits per heavy atom. The number of rotatable bonds is 2. The van der Waals surface area contributed by atoms with Crippen molar-refractivity contribution in [1.29, 1.82) is 0 Å². The van der Waals surface area contributed by atoms with Gasteiger partial charge in [0.15, 0.2) is 0 Å². The second kappa shape index (κ2) is 5.61. The summed E-state index contributed by atoms with van der Waals surface area (Å²) in [6.07, 6.45) is -0.227. The van der Waals surface area contributed by atoms with Crippen LogP contribution < -0.4 is 5.43 Å². The number of hydrogen-bond acceptors (Lipinski definition) is 4. The van der Waals surface area contributed by atoms with Crippen LogP contribution in [-0.4, -0.2) is 31.8 Å². The normalized spacial score (nSPS) is 18.0. The second-order valence-corrected chi connectivity index (χ2v) is 6.27. The van der Waals surface area contributed by atoms with E-state index in [2.05, 4.69) is 10.1 Å². The Kier molecular flexibility index (Phi) is 3.85. The van der Waals surface area contributed by atoms with Gasteiger partial charge in [-0.1, -0.05) is 0 Å². The number of hydrogen-bond donors (Lipinski definition) is 1. The molecule has 3 rings (SSSR count). The summed E-state index contributed by atoms with van der Waals surface area (Å²) in [4.78, 5) is 27.9. The zero-order valence-electron chi connectivity index (χ0n) is 13.3. The van der Waals surface area contributed by atoms with Crippen molar-refractivity contribution in [3.63, 3.8) is 0 Å². The van der Waals surface area contributed by atoms with Crippen molar-refractivity contribution in [1.82, 2.24) is 14.8 Å². The number of fused-ring (bicyclic) bond motifs is 1. The number of halogens is 2. The lowest BCUT2D eigenvalue weighted by molar-refractivity contribution is -0.0447. The highest BCUT2D eigenvalue weighted by Gasteiger charge is 2.36. The van der Waals surface area contributed by atoms with Crippen molar-refractivity contribution in [3.05, 3.63) is 33.2 Å². The fraction of sp³-hybridized carbons (Fsp3) is 0.500. The van der Waals surface area contributed by atoms with Crippen LogP contribution in [0, 0.1) is 13.8 Å². The molecule has 1 aliphatic rings. The molecule has 0 aromatic carbocycles. The van der Waals surface area contributed by atoms with E-state index in [4.69, 9.17) is 0 Å². The van der Waals surface area contributed by atoms with E-state index in [1.54, 1.807) is 13.0 Å². The molecule has 1 saturated carbocycles. The highest BCUT2D eigenvalue weighted by Crippen LogP contribution is 2.38. The molecule has 0 aliphatic heterocycles. The molecule has 0 radical (unpaired) electrons. The Morgan fingerprint density at radius 1 is 1.33 bits per heavy atom. The van der Waals surface area contributed by atoms with Gasteiger partial charge in [0.1, 0.15) is 5.52 Å². The summed E-state index contributed by atoms with van der Waals surface area (Å²) in [7, 11) is 0. The molecule has 1 fully saturated rings. The maximum absolute atomic E-state index is 13.4. The van der Waals surface area contributed by atoms with Crippen molar-refractivity contribution in [3.8, 4) is 0 Å². The van der Waals surface area contributed by atoms with Gasteiger partial charge >= 0.3 is 5.97 Å². The fourth-order valence-electron chi connectivity index (χ4n) is 3.04. The first-order valence-corrected chi connectivity index (χ1v) is 7.71. The highest BCUT2D eigenvalue weighted by atomic mass is 19.3. The third kappa shape index (κ3) is 2.76. The number of carboxylic acids is 1. The van der Waals surface area contributed by atoms with Gasteiger partial charge in [-0.3, -0.25) is 9.48 Å². The minimum Gasteiger partial charge on any atom is -0.476 e. The molecule has 6 nitrogen and oxygen atoms in total. The Bertz CT molecular complexity index is 882. The van der Waals surface area contributed by atoms with Crippen molar-refractivity contribution in [2.75, 3.05) is 0 Å². The first-order chi connectivity index (χ1) is 11.2. The molecule has 0 spiro atoms. The molecular weight excluding hydrogens is 320 g/mol. The molecule has 24 heavy (non-hydrogen) atoms. The quantitative estimate of drug-likeness (QED) is 0.911. The maximum atomic E-state index is 13.4. The summed E-state index contributed by atoms with van der Waals surface area (Å²) >= 11 is 0. The maximum Gasteiger partial charge on any atom is 0.360 e. The molecule has 0 unspecified atom stereocenters. The average molecular weight is 337 g/mol. The summed E-state index contributed by atoms with van der Waals surface area (Å²) in [6, 6.07) is 1.33. The lowest BCUT2D eigenvalue weighted by Crippen LogP contribution is -2.31. The highest BCUT2D eigenvalue weighted by molar-refractivity contribution is 5.89. The lowest BCUT2D eigenvalue weighted by atomic mass is 9.92. The number of carboxylic acid groups (broad SMARTS) is 1. The summed E-state index contributed by atoms with van der Waals surface area (Å²) in [6.45, 7) is 3.54. The van der Waals surface area contributed by atoms with Crippen LogP contribution in [0.3, 0.4) is 0 Å². The van der Waals surface area contributed by atoms with Gasteiger partial charge < -0.3 is 5.11 Å². The summed E-state index contributed by atoms with van der Waals surface area (Å²) in [5.41, 5.74) is 0.463. The van der Waals surface area contributed by atoms with Crippen molar-refractivity contribution in [2.24, 2.45) is 0 Å². The van der Waals surface area contributed by atoms with Crippen molar-refractivity contribution < 1.29 is 18.7 Å². The third-order valence-corrected chi connectivity index (χ3v) is 4.57. The molecule has 0 bridgehead atoms. The molecule has 2 aromatic heterocycles. The van der Waals surface area contributed by atoms with Gasteiger partial charge in [-0.25, -0.2) is 18.6 Å². The first kappa shape index (κ1) is 16.5. The molecule has 1 N–H and O–H groups in total. The molecule has 0 saturated heterocycles. The SMILES string of the molecule is Cc1cc2c(nc1C)c(=O)c(C(=O)O)nn2C1CCC(F)(F)CC1. The van der Waals surface area contributed by atoms with E-state index < -0.39 is 23.0 Å². The molecule has 2 aromatic rings. The van der Waals surface area contributed by atoms with Gasteiger partial charge in [-0.05, 0) is 38.3 Å². The number of carbonyl (C=O) groups is 1. The summed E-state index contributed by atoms with van der Waals surface area (Å²) in [5, 5.41) is 13.2. The summed E-state index contributed by atoms with van der Waals surface area (Å²) in [5.74, 6) is -4.15. The molecule has 128 valence electrons. The molecule has 2 heterocycles. The monoisotopic (exact) mass is 337 g/mol. The number of alkyl halides is 2. The van der Waals surface area contributed by atoms with Gasteiger partial charge in [0, 0.05) is 18.5 Å². The van der Waals surface area contributed by atoms with Crippen LogP contribution in [0.15, 0.2) is 10.9 Å². The molecular formula is C16H17F2N3O3. The number of pyridine rings is 1. The Balaban J connectivity index is 2.23. The lowest BCUT2D eigenvalue weighted by Gasteiger charge is -2.30. The van der Waals surface area contributed by atoms with E-state index in [1.165, 1.54) is 4.68 Å². The van der Waals surface area contributed by atoms with Crippen LogP contribution >= 0.6 is 0 Å². The van der Waals surface area contributed by atoms with Gasteiger partial charge in [0.05, 0.1) is 11.6 Å². The van der Waals surface area contributed by atoms with Crippen LogP contribution in [0.25, 0.3) is 11.0 Å². The largest absolute Gasteiger partial charge is 0.476 e. The van der Waals surface area contributed by atoms with E-state index in [0.717, 1.165) is 5.56 Å². The smallest absolute Gasteiger partial charge is 0.360 e. The Hall–Kier alpha value is -2.38. The molecule has 0 atom stereocenters. The predicted molar refractivity (Wildman–Crippen MR) is 82.7 cm³/mol. The average Bonchev–Trinajstić information content (AvgIpc) is 2.50. The minimum atomic E-state index is -2.70. The Morgan fingerprint density at radius 2 is 1.96 bits per heavy atom. The van der Waals surface area contributed by atoms with Gasteiger partial charge in [0.25, 0.3) is 0 Å². The first-order valence-electron chi connectivity index (χ1n) is 7.71. The minimum absolute atomic E-state index is 0.0165. The Labute approximate surface area is 136 Å². The second-order valence-electron chi connectivity index (χ2n) is 6.27. The molecule has 8 heteroatoms. The topological polar surface area (TPSA) is 85.1 Å². The number of aromatic nitrogens is 3. The third-order valence-electron chi connectivity index (χ3n) is 4.57. The van der Waals surface area contributed by atoms with Gasteiger partial charge in [-0.15, -0.1) is 0 Å². The molecule has 1 aliphatic carbocycles. The van der Waals surface area contributed by atoms with Crippen LogP contribution in [0.2, 0.25) is 0 Å². The zero-order chi connectivity index (χ0) is 17.6. The van der Waals surface area contributed by atoms with Crippen molar-refractivity contribution in [2.45, 2.75) is 51.5 Å². The van der Waals surface area contributed by atoms with Gasteiger partial charge in [0.2, 0.25) is 17.0 Å². The van der Waals surface area contributed by atoms with E-state index >= 15 is 0 Å². The predicted octanol–water partition coefficient (Wildman–Crippen LogP) is 2.86. The number of nitrogens with zero attached hydrogens (tertiary/aromatic N) is 3. The van der Waals surface area contributed by atoms with E-state index in [-0.39, 0.29) is 37.2 Å². The fourth-order valence-corrected chi connectivity index (χ4v) is 3.04. The van der Waals surface area contributed by atoms with Crippen molar-refractivity contribution >= 4 is 17.0 Å². The van der Waals surface area contributed by atoms with E-state index in [0.29, 0.717) is 11.2 Å². The zero-order valence-corrected chi connectivity index (χ0v) is 13.3. The molecule has 0 amide bonds. The van der Waals surface area contributed by atoms with Crippen LogP contribution in [0.5, 0.6) is 0 Å². The van der Waals surface area contributed by atoms with Gasteiger partial charge in [-0.2, -0.15) is 5.10 Å². The summed E-state index contributed by atoms with van der Waals surface area (Å²) < 4.78 is 28.2. The van der Waals surface area contributed by atoms with E-state index in [1.807, 2.05) is 6.92 Å². The standard InChI is InChI=1S/C16H17F2N3O3/c1-8-7-11-12(19-9(8)2)14(22)13(15(23)24)20-21(11)10-3-5-16(17,18)6-4-10/h7,10H,3-6H2,1-2H3,(H,23,24).